The fraction of sp³-hybridized carbons (Fsp3) is 0.932. The van der Waals surface area contributed by atoms with Gasteiger partial charge in [-0.1, -0.05) is 168 Å². The van der Waals surface area contributed by atoms with Crippen LogP contribution in [0.2, 0.25) is 0 Å². The Balaban J connectivity index is 4.35. The molecule has 3 N–H and O–H groups in total. The first-order chi connectivity index (χ1) is 27.7. The number of phosphoric ester groups is 1. The molecule has 1 unspecified atom stereocenters. The van der Waals surface area contributed by atoms with E-state index in [9.17, 15) is 18.9 Å². The Bertz CT molecular complexity index is 965. The minimum absolute atomic E-state index is 0.0286. The topological polar surface area (TPSA) is 167 Å². The molecule has 0 saturated heterocycles. The maximum Gasteiger partial charge on any atom is 0.469 e. The van der Waals surface area contributed by atoms with Crippen LogP contribution in [0, 0.1) is 0 Å². The Morgan fingerprint density at radius 3 is 1.30 bits per heavy atom. The highest BCUT2D eigenvalue weighted by atomic mass is 31.2. The Morgan fingerprint density at radius 1 is 0.474 bits per heavy atom. The smallest absolute Gasteiger partial charge is 0.463 e. The minimum atomic E-state index is -4.39. The average molecular weight is 836 g/mol. The highest BCUT2D eigenvalue weighted by Crippen LogP contribution is 2.35. The van der Waals surface area contributed by atoms with Crippen molar-refractivity contribution in [2.45, 2.75) is 219 Å². The number of rotatable bonds is 45. The molecule has 12 nitrogen and oxygen atoms in total. The molecule has 0 aromatic rings. The molecule has 57 heavy (non-hydrogen) atoms. The van der Waals surface area contributed by atoms with E-state index in [0.29, 0.717) is 32.7 Å². The van der Waals surface area contributed by atoms with Gasteiger partial charge in [-0.15, -0.1) is 0 Å². The monoisotopic (exact) mass is 836 g/mol. The molecule has 0 aliphatic rings. The van der Waals surface area contributed by atoms with Crippen molar-refractivity contribution in [3.63, 3.8) is 0 Å². The van der Waals surface area contributed by atoms with Crippen LogP contribution in [0.4, 0.5) is 0 Å². The molecule has 338 valence electrons. The van der Waals surface area contributed by atoms with E-state index in [1.54, 1.807) is 0 Å². The summed E-state index contributed by atoms with van der Waals surface area (Å²) in [5, 5.41) is 2.78. The molecule has 1 atom stereocenters. The molecule has 0 aromatic heterocycles. The number of carbonyl (C=O) groups excluding carboxylic acids is 3. The van der Waals surface area contributed by atoms with Crippen LogP contribution in [0.15, 0.2) is 0 Å². The number of amides is 1. The molecule has 1 amide bonds. The van der Waals surface area contributed by atoms with E-state index in [0.717, 1.165) is 64.2 Å². The molecular weight excluding hydrogens is 749 g/mol. The number of ether oxygens (including phenoxy) is 4. The van der Waals surface area contributed by atoms with Gasteiger partial charge in [0.15, 0.2) is 0 Å². The first kappa shape index (κ1) is 55.4. The summed E-state index contributed by atoms with van der Waals surface area (Å²) in [5.41, 5.74) is 0. The first-order valence-electron chi connectivity index (χ1n) is 23.2. The quantitative estimate of drug-likeness (QED) is 0.0303. The summed E-state index contributed by atoms with van der Waals surface area (Å²) >= 11 is 0. The molecule has 0 heterocycles. The summed E-state index contributed by atoms with van der Waals surface area (Å²) in [4.78, 5) is 55.7. The predicted molar refractivity (Wildman–Crippen MR) is 228 cm³/mol. The van der Waals surface area contributed by atoms with Crippen LogP contribution < -0.4 is 5.32 Å². The zero-order valence-electron chi connectivity index (χ0n) is 36.5. The van der Waals surface area contributed by atoms with Gasteiger partial charge >= 0.3 is 19.8 Å². The summed E-state index contributed by atoms with van der Waals surface area (Å²) < 4.78 is 37.3. The van der Waals surface area contributed by atoms with Gasteiger partial charge in [0.1, 0.15) is 19.3 Å². The van der Waals surface area contributed by atoms with E-state index in [1.807, 2.05) is 0 Å². The van der Waals surface area contributed by atoms with E-state index in [2.05, 4.69) is 23.7 Å². The molecule has 0 aliphatic carbocycles. The Hall–Kier alpha value is -1.56. The van der Waals surface area contributed by atoms with Crippen molar-refractivity contribution >= 4 is 25.7 Å². The average Bonchev–Trinajstić information content (AvgIpc) is 3.18. The van der Waals surface area contributed by atoms with E-state index in [1.165, 1.54) is 103 Å². The molecule has 0 spiro atoms. The fourth-order valence-corrected chi connectivity index (χ4v) is 6.95. The largest absolute Gasteiger partial charge is 0.469 e. The molecule has 13 heteroatoms. The van der Waals surface area contributed by atoms with Crippen LogP contribution >= 0.6 is 7.82 Å². The summed E-state index contributed by atoms with van der Waals surface area (Å²) in [5.74, 6) is -1.28. The van der Waals surface area contributed by atoms with Crippen molar-refractivity contribution in [3.05, 3.63) is 0 Å². The summed E-state index contributed by atoms with van der Waals surface area (Å²) in [6.07, 6.45) is 32.4. The van der Waals surface area contributed by atoms with Gasteiger partial charge in [0.05, 0.1) is 19.8 Å². The Kier molecular flexibility index (Phi) is 41.4. The SMILES string of the molecule is CCCCCCCCCCCCOCCOC(=O)CCC(NC(=O)CCCCCCCCCCOP(=O)(O)O)C(=O)OCCOCCCCCCCCCCCC. The van der Waals surface area contributed by atoms with Gasteiger partial charge in [-0.3, -0.25) is 14.1 Å². The molecule has 0 bridgehead atoms. The van der Waals surface area contributed by atoms with Gasteiger partial charge in [-0.05, 0) is 32.1 Å². The lowest BCUT2D eigenvalue weighted by molar-refractivity contribution is -0.150. The lowest BCUT2D eigenvalue weighted by Crippen LogP contribution is -2.42. The van der Waals surface area contributed by atoms with Crippen molar-refractivity contribution in [2.75, 3.05) is 46.2 Å². The van der Waals surface area contributed by atoms with Crippen molar-refractivity contribution in [1.29, 1.82) is 0 Å². The highest BCUT2D eigenvalue weighted by Gasteiger charge is 2.23. The summed E-state index contributed by atoms with van der Waals surface area (Å²) in [6, 6.07) is -0.950. The van der Waals surface area contributed by atoms with Crippen molar-refractivity contribution in [3.8, 4) is 0 Å². The first-order valence-corrected chi connectivity index (χ1v) is 24.7. The Labute approximate surface area is 347 Å². The van der Waals surface area contributed by atoms with Gasteiger partial charge in [0.25, 0.3) is 0 Å². The van der Waals surface area contributed by atoms with Gasteiger partial charge in [0, 0.05) is 26.1 Å². The second-order valence-corrected chi connectivity index (χ2v) is 16.8. The minimum Gasteiger partial charge on any atom is -0.463 e. The molecule has 0 radical (unpaired) electrons. The van der Waals surface area contributed by atoms with Gasteiger partial charge in [0.2, 0.25) is 5.91 Å². The van der Waals surface area contributed by atoms with Gasteiger partial charge in [-0.2, -0.15) is 0 Å². The van der Waals surface area contributed by atoms with Gasteiger partial charge < -0.3 is 34.1 Å². The molecule has 0 rings (SSSR count). The molecule has 0 saturated carbocycles. The second-order valence-electron chi connectivity index (χ2n) is 15.5. The molecule has 0 fully saturated rings. The lowest BCUT2D eigenvalue weighted by atomic mass is 10.1. The van der Waals surface area contributed by atoms with Crippen LogP contribution in [0.25, 0.3) is 0 Å². The molecule has 0 aliphatic heterocycles. The third kappa shape index (κ3) is 43.8. The maximum atomic E-state index is 13.0. The third-order valence-electron chi connectivity index (χ3n) is 10.1. The molecule has 0 aromatic carbocycles. The van der Waals surface area contributed by atoms with E-state index in [-0.39, 0.29) is 51.6 Å². The van der Waals surface area contributed by atoms with Crippen molar-refractivity contribution < 1.29 is 52.2 Å². The number of phosphoric acid groups is 1. The summed E-state index contributed by atoms with van der Waals surface area (Å²) in [6.45, 7) is 6.66. The van der Waals surface area contributed by atoms with Crippen LogP contribution in [0.1, 0.15) is 213 Å². The maximum absolute atomic E-state index is 13.0. The van der Waals surface area contributed by atoms with E-state index >= 15 is 0 Å². The summed E-state index contributed by atoms with van der Waals surface area (Å²) in [7, 11) is -4.39. The number of hydrogen-bond acceptors (Lipinski definition) is 9. The second kappa shape index (κ2) is 42.6. The number of nitrogens with one attached hydrogen (secondary N) is 1. The number of carbonyl (C=O) groups is 3. The normalized spacial score (nSPS) is 12.1. The highest BCUT2D eigenvalue weighted by molar-refractivity contribution is 7.46. The molecular formula is C44H86NO11P. The number of esters is 2. The Morgan fingerprint density at radius 2 is 0.860 bits per heavy atom. The fourth-order valence-electron chi connectivity index (χ4n) is 6.58. The zero-order valence-corrected chi connectivity index (χ0v) is 37.4. The van der Waals surface area contributed by atoms with Gasteiger partial charge in [-0.25, -0.2) is 9.36 Å². The van der Waals surface area contributed by atoms with Crippen LogP contribution in [-0.4, -0.2) is 79.9 Å². The van der Waals surface area contributed by atoms with E-state index < -0.39 is 25.8 Å². The third-order valence-corrected chi connectivity index (χ3v) is 10.6. The predicted octanol–water partition coefficient (Wildman–Crippen LogP) is 10.8. The van der Waals surface area contributed by atoms with Crippen LogP contribution in [-0.2, 0) is 42.4 Å². The standard InChI is InChI=1S/C44H86NO11P/c1-3-5-7-9-11-13-16-20-24-28-34-52-37-39-54-43(47)33-32-41(44(48)55-40-38-53-35-29-25-21-17-14-12-10-8-6-4-2)45-42(46)31-27-23-19-15-18-22-26-30-36-56-57(49,50)51/h41H,3-40H2,1-2H3,(H,45,46)(H2,49,50,51). The van der Waals surface area contributed by atoms with Crippen molar-refractivity contribution in [1.82, 2.24) is 5.32 Å². The van der Waals surface area contributed by atoms with Crippen molar-refractivity contribution in [2.24, 2.45) is 0 Å². The van der Waals surface area contributed by atoms with Crippen LogP contribution in [0.3, 0.4) is 0 Å². The number of hydrogen-bond donors (Lipinski definition) is 3. The van der Waals surface area contributed by atoms with E-state index in [4.69, 9.17) is 28.7 Å². The van der Waals surface area contributed by atoms with Crippen LogP contribution in [0.5, 0.6) is 0 Å². The number of unbranched alkanes of at least 4 members (excludes halogenated alkanes) is 25. The lowest BCUT2D eigenvalue weighted by Gasteiger charge is -2.18. The zero-order chi connectivity index (χ0) is 41.9.